The zero-order chi connectivity index (χ0) is 20.2. The van der Waals surface area contributed by atoms with E-state index in [0.717, 1.165) is 4.88 Å². The second kappa shape index (κ2) is 14.3. The molecule has 0 amide bonds. The molecule has 1 heterocycles. The molecule has 0 aliphatic carbocycles. The Bertz CT molecular complexity index is 393. The fourth-order valence-corrected chi connectivity index (χ4v) is 1.26. The maximum atomic E-state index is 10.1. The van der Waals surface area contributed by atoms with E-state index in [0.29, 0.717) is 0 Å². The van der Waals surface area contributed by atoms with Gasteiger partial charge in [0.05, 0.1) is 6.42 Å². The van der Waals surface area contributed by atoms with Crippen LogP contribution in [0, 0.1) is 0 Å². The molecule has 0 aromatic carbocycles. The van der Waals surface area contributed by atoms with Gasteiger partial charge >= 0.3 is 46.6 Å². The molecule has 0 saturated heterocycles. The molecule has 0 aliphatic rings. The van der Waals surface area contributed by atoms with Gasteiger partial charge in [-0.25, -0.2) is 0 Å². The topological polar surface area (TPSA) is 37.3 Å². The first-order valence-corrected chi connectivity index (χ1v) is 6.03. The summed E-state index contributed by atoms with van der Waals surface area (Å²) >= 11 is 1.47. The van der Waals surface area contributed by atoms with Crippen LogP contribution in [0.3, 0.4) is 0 Å². The van der Waals surface area contributed by atoms with Crippen molar-refractivity contribution >= 4 is 39.1 Å². The number of hydrogen-bond acceptors (Lipinski definition) is 2. The van der Waals surface area contributed by atoms with Gasteiger partial charge in [0, 0.05) is 4.88 Å². The summed E-state index contributed by atoms with van der Waals surface area (Å²) in [6, 6.07) is 3.67. The molecule has 0 unspecified atom stereocenters. The van der Waals surface area contributed by atoms with Gasteiger partial charge in [-0.1, -0.05) is 6.07 Å². The van der Waals surface area contributed by atoms with Crippen molar-refractivity contribution in [3.05, 3.63) is 22.4 Å². The van der Waals surface area contributed by atoms with Crippen molar-refractivity contribution in [2.24, 2.45) is 0 Å². The van der Waals surface area contributed by atoms with Crippen molar-refractivity contribution in [2.75, 3.05) is 0 Å². The summed E-state index contributed by atoms with van der Waals surface area (Å²) in [6.07, 6.45) is 0.150. The number of thiophene rings is 1. The summed E-state index contributed by atoms with van der Waals surface area (Å²) in [7, 11) is -18.0. The number of carboxylic acid groups (broad SMARTS) is 1. The summed E-state index contributed by atoms with van der Waals surface area (Å²) in [5.74, 6) is -0.766. The molecule has 0 spiro atoms. The molecule has 0 fully saturated rings. The molecular weight excluding hydrogens is 403 g/mol. The van der Waals surface area contributed by atoms with E-state index < -0.39 is 27.7 Å². The van der Waals surface area contributed by atoms with E-state index in [-0.39, 0.29) is 26.7 Å². The van der Waals surface area contributed by atoms with Gasteiger partial charge in [-0.3, -0.25) is 4.79 Å². The molecule has 1 aromatic rings. The van der Waals surface area contributed by atoms with Crippen LogP contribution in [0.4, 0.5) is 51.8 Å². The first kappa shape index (κ1) is 31.9. The maximum absolute atomic E-state index is 10.1. The summed E-state index contributed by atoms with van der Waals surface area (Å²) < 4.78 is 117. The predicted octanol–water partition coefficient (Wildman–Crippen LogP) is 2.39. The Morgan fingerprint density at radius 3 is 1.32 bits per heavy atom. The van der Waals surface area contributed by atoms with Crippen LogP contribution in [0.1, 0.15) is 6.30 Å². The summed E-state index contributed by atoms with van der Waals surface area (Å²) in [4.78, 5) is 11.0. The van der Waals surface area contributed by atoms with E-state index in [1.54, 1.807) is 0 Å². The third-order valence-corrected chi connectivity index (χ3v) is 1.78. The van der Waals surface area contributed by atoms with Gasteiger partial charge in [0.2, 0.25) is 0 Å². The molecule has 0 radical (unpaired) electrons. The van der Waals surface area contributed by atoms with Crippen LogP contribution < -0.4 is 18.9 Å². The Labute approximate surface area is 150 Å². The predicted molar refractivity (Wildman–Crippen MR) is 67.3 cm³/mol. The zero-order valence-corrected chi connectivity index (χ0v) is 12.8. The minimum absolute atomic E-state index is 0. The van der Waals surface area contributed by atoms with Crippen LogP contribution in [-0.2, 0) is 11.2 Å². The summed E-state index contributed by atoms with van der Waals surface area (Å²) in [5, 5.41) is 10.2. The molecule has 0 atom stereocenters. The van der Waals surface area contributed by atoms with Gasteiger partial charge in [0.15, 0.2) is 0 Å². The number of rotatable bonds is 2. The molecule has 0 saturated carbocycles. The Hall–Kier alpha value is -0.878. The molecule has 25 heavy (non-hydrogen) atoms. The number of carbonyl (C=O) groups is 1. The average Bonchev–Trinajstić information content (AvgIpc) is 2.59. The van der Waals surface area contributed by atoms with E-state index in [1.165, 1.54) is 11.3 Å². The molecule has 0 aliphatic heterocycles. The Balaban J connectivity index is -0.0000000771. The third kappa shape index (κ3) is 101. The van der Waals surface area contributed by atoms with Gasteiger partial charge in [-0.05, 0) is 11.4 Å². The molecule has 0 bridgehead atoms. The first-order valence-electron chi connectivity index (χ1n) is 5.15. The average molecular weight is 411 g/mol. The largest absolute Gasteiger partial charge is 1.00 e. The quantitative estimate of drug-likeness (QED) is 0.601. The maximum Gasteiger partial charge on any atom is 1.00 e. The van der Waals surface area contributed by atoms with E-state index >= 15 is 0 Å². The molecule has 1 rings (SSSR count). The third-order valence-electron chi connectivity index (χ3n) is 0.906. The van der Waals surface area contributed by atoms with Crippen LogP contribution in [0.15, 0.2) is 17.5 Å². The number of halogens is 12. The first-order chi connectivity index (χ1) is 10.3. The molecule has 1 N–H and O–H groups in total. The van der Waals surface area contributed by atoms with Gasteiger partial charge in [0.25, 0.3) is 0 Å². The van der Waals surface area contributed by atoms with Crippen LogP contribution >= 0.6 is 11.3 Å². The smallest absolute Gasteiger partial charge is 1.00 e. The monoisotopic (exact) mass is 411 g/mol. The van der Waals surface area contributed by atoms with Crippen molar-refractivity contribution in [3.63, 3.8) is 0 Å². The van der Waals surface area contributed by atoms with Crippen molar-refractivity contribution in [3.8, 4) is 0 Å². The summed E-state index contributed by atoms with van der Waals surface area (Å²) in [5.41, 5.74) is 0. The van der Waals surface area contributed by atoms with Gasteiger partial charge < -0.3 is 58.3 Å². The van der Waals surface area contributed by atoms with Crippen LogP contribution in [-0.4, -0.2) is 32.8 Å². The van der Waals surface area contributed by atoms with E-state index in [4.69, 9.17) is 5.11 Å². The SMILES string of the molecule is F[B-](F)(F)F.F[B-](F)(F)F.F[B-](F)(F)F.O=C(O)Cc1cccs1.[H-].[Li+]. The van der Waals surface area contributed by atoms with E-state index in [9.17, 15) is 56.6 Å². The summed E-state index contributed by atoms with van der Waals surface area (Å²) in [6.45, 7) is 0. The number of carboxylic acids is 1. The fourth-order valence-electron chi connectivity index (χ4n) is 0.562. The Morgan fingerprint density at radius 1 is 0.880 bits per heavy atom. The van der Waals surface area contributed by atoms with Crippen molar-refractivity contribution in [1.82, 2.24) is 0 Å². The number of hydrogen-bond donors (Lipinski definition) is 1. The molecular formula is C6H7B3F12LiO2S-3. The molecule has 146 valence electrons. The van der Waals surface area contributed by atoms with E-state index in [2.05, 4.69) is 0 Å². The van der Waals surface area contributed by atoms with Crippen molar-refractivity contribution in [1.29, 1.82) is 0 Å². The molecule has 1 aromatic heterocycles. The second-order valence-corrected chi connectivity index (χ2v) is 4.17. The minimum atomic E-state index is -6.00. The standard InChI is InChI=1S/C6H6O2S.3BF4.Li.H/c7-6(8)4-5-2-1-3-9-5;3*2-1(3,4)5;;/h1-3H,4H2,(H,7,8);;;;;/q;3*-1;+1;-1. The molecule has 19 heteroatoms. The van der Waals surface area contributed by atoms with Crippen LogP contribution in [0.25, 0.3) is 0 Å². The second-order valence-electron chi connectivity index (χ2n) is 3.13. The van der Waals surface area contributed by atoms with Gasteiger partial charge in [-0.15, -0.1) is 11.3 Å². The minimum Gasteiger partial charge on any atom is -1.00 e. The van der Waals surface area contributed by atoms with Gasteiger partial charge in [0.1, 0.15) is 0 Å². The fraction of sp³-hybridized carbons (Fsp3) is 0.167. The zero-order valence-electron chi connectivity index (χ0n) is 13.0. The Morgan fingerprint density at radius 2 is 1.16 bits per heavy atom. The number of aliphatic carboxylic acids is 1. The van der Waals surface area contributed by atoms with Gasteiger partial charge in [-0.2, -0.15) is 0 Å². The van der Waals surface area contributed by atoms with E-state index in [1.807, 2.05) is 17.5 Å². The van der Waals surface area contributed by atoms with Crippen LogP contribution in [0.2, 0.25) is 0 Å². The Kier molecular flexibility index (Phi) is 18.2. The molecule has 2 nitrogen and oxygen atoms in total. The van der Waals surface area contributed by atoms with Crippen molar-refractivity contribution < 1.29 is 82.0 Å². The van der Waals surface area contributed by atoms with Crippen LogP contribution in [0.5, 0.6) is 0 Å². The normalized spacial score (nSPS) is 10.6. The van der Waals surface area contributed by atoms with Crippen molar-refractivity contribution in [2.45, 2.75) is 6.42 Å².